The number of hydrogen-bond acceptors (Lipinski definition) is 3. The third kappa shape index (κ3) is 6.91. The van der Waals surface area contributed by atoms with Gasteiger partial charge in [-0.05, 0) is 75.8 Å². The summed E-state index contributed by atoms with van der Waals surface area (Å²) in [4.78, 5) is 21.1. The van der Waals surface area contributed by atoms with Gasteiger partial charge in [0.15, 0.2) is 0 Å². The standard InChI is InChI=1S/C34H47ClFN3O/c1-26-13-14-27(2)30(23-26)34(16-18-37-19-21-38(22-20-37)28-9-4-3-5-10-28)15-6-7-17-39(25-34)33(40)24-29-31(35)11-8-12-32(29)36/h8,11-14,23,28H,3-7,9-10,15-22,24-25H2,1-2H3/t34-/m1/s1. The van der Waals surface area contributed by atoms with Gasteiger partial charge in [0.2, 0.25) is 5.91 Å². The first kappa shape index (κ1) is 29.5. The largest absolute Gasteiger partial charge is 0.342 e. The molecule has 2 aromatic rings. The minimum Gasteiger partial charge on any atom is -0.342 e. The molecular weight excluding hydrogens is 521 g/mol. The van der Waals surface area contributed by atoms with E-state index in [2.05, 4.69) is 41.8 Å². The van der Waals surface area contributed by atoms with E-state index in [4.69, 9.17) is 11.6 Å². The summed E-state index contributed by atoms with van der Waals surface area (Å²) in [6.45, 7) is 11.5. The molecule has 0 spiro atoms. The number of rotatable bonds is 7. The number of piperazine rings is 1. The number of nitrogens with zero attached hydrogens (tertiary/aromatic N) is 3. The van der Waals surface area contributed by atoms with Crippen molar-refractivity contribution in [2.24, 2.45) is 0 Å². The Morgan fingerprint density at radius 3 is 2.50 bits per heavy atom. The quantitative estimate of drug-likeness (QED) is 0.363. The van der Waals surface area contributed by atoms with Crippen LogP contribution in [0.1, 0.15) is 80.0 Å². The van der Waals surface area contributed by atoms with Crippen molar-refractivity contribution in [1.29, 1.82) is 0 Å². The minimum absolute atomic E-state index is 0.0114. The van der Waals surface area contributed by atoms with Crippen LogP contribution in [0.3, 0.4) is 0 Å². The van der Waals surface area contributed by atoms with Crippen LogP contribution in [0.15, 0.2) is 36.4 Å². The fraction of sp³-hybridized carbons (Fsp3) is 0.618. The molecule has 0 radical (unpaired) electrons. The van der Waals surface area contributed by atoms with Gasteiger partial charge in [-0.25, -0.2) is 4.39 Å². The smallest absolute Gasteiger partial charge is 0.227 e. The number of carbonyl (C=O) groups is 1. The molecule has 0 unspecified atom stereocenters. The van der Waals surface area contributed by atoms with E-state index in [1.165, 1.54) is 68.0 Å². The average Bonchev–Trinajstić information content (AvgIpc) is 3.20. The van der Waals surface area contributed by atoms with Crippen molar-refractivity contribution in [3.05, 3.63) is 69.5 Å². The molecule has 6 heteroatoms. The third-order valence-electron chi connectivity index (χ3n) is 9.94. The van der Waals surface area contributed by atoms with E-state index in [0.717, 1.165) is 57.9 Å². The molecule has 1 saturated carbocycles. The molecular formula is C34H47ClFN3O. The molecule has 0 N–H and O–H groups in total. The first-order valence-electron chi connectivity index (χ1n) is 15.6. The van der Waals surface area contributed by atoms with Crippen LogP contribution in [0.5, 0.6) is 0 Å². The molecule has 1 amide bonds. The maximum Gasteiger partial charge on any atom is 0.227 e. The second-order valence-electron chi connectivity index (χ2n) is 12.7. The first-order chi connectivity index (χ1) is 19.3. The minimum atomic E-state index is -0.399. The molecule has 3 aliphatic rings. The van der Waals surface area contributed by atoms with Gasteiger partial charge in [-0.3, -0.25) is 9.69 Å². The second-order valence-corrected chi connectivity index (χ2v) is 13.1. The molecule has 0 aromatic heterocycles. The Balaban J connectivity index is 1.33. The van der Waals surface area contributed by atoms with Crippen molar-refractivity contribution in [3.63, 3.8) is 0 Å². The molecule has 2 aliphatic heterocycles. The number of hydrogen-bond donors (Lipinski definition) is 0. The van der Waals surface area contributed by atoms with Gasteiger partial charge in [0.25, 0.3) is 0 Å². The van der Waals surface area contributed by atoms with Crippen molar-refractivity contribution in [2.45, 2.75) is 89.5 Å². The predicted molar refractivity (Wildman–Crippen MR) is 163 cm³/mol. The zero-order chi connectivity index (χ0) is 28.1. The summed E-state index contributed by atoms with van der Waals surface area (Å²) >= 11 is 6.31. The molecule has 3 fully saturated rings. The Morgan fingerprint density at radius 2 is 1.75 bits per heavy atom. The van der Waals surface area contributed by atoms with Crippen molar-refractivity contribution in [3.8, 4) is 0 Å². The lowest BCUT2D eigenvalue weighted by atomic mass is 9.71. The molecule has 5 rings (SSSR count). The molecule has 0 bridgehead atoms. The summed E-state index contributed by atoms with van der Waals surface area (Å²) in [5.74, 6) is -0.423. The van der Waals surface area contributed by atoms with Gasteiger partial charge in [0.1, 0.15) is 5.82 Å². The van der Waals surface area contributed by atoms with Gasteiger partial charge in [-0.15, -0.1) is 0 Å². The first-order valence-corrected chi connectivity index (χ1v) is 16.0. The van der Waals surface area contributed by atoms with Gasteiger partial charge < -0.3 is 9.80 Å². The monoisotopic (exact) mass is 567 g/mol. The summed E-state index contributed by atoms with van der Waals surface area (Å²) in [5.41, 5.74) is 4.16. The van der Waals surface area contributed by atoms with Crippen molar-refractivity contribution >= 4 is 17.5 Å². The maximum atomic E-state index is 14.6. The van der Waals surface area contributed by atoms with Gasteiger partial charge in [-0.2, -0.15) is 0 Å². The Kier molecular flexibility index (Phi) is 9.86. The van der Waals surface area contributed by atoms with Crippen LogP contribution in [0.25, 0.3) is 0 Å². The van der Waals surface area contributed by atoms with Gasteiger partial charge in [0, 0.05) is 61.3 Å². The highest BCUT2D eigenvalue weighted by Crippen LogP contribution is 2.40. The fourth-order valence-electron chi connectivity index (χ4n) is 7.50. The summed E-state index contributed by atoms with van der Waals surface area (Å²) < 4.78 is 14.6. The topological polar surface area (TPSA) is 26.8 Å². The zero-order valence-corrected chi connectivity index (χ0v) is 25.3. The van der Waals surface area contributed by atoms with Gasteiger partial charge in [0.05, 0.1) is 6.42 Å². The lowest BCUT2D eigenvalue weighted by molar-refractivity contribution is -0.131. The van der Waals surface area contributed by atoms with Crippen LogP contribution in [0.4, 0.5) is 4.39 Å². The summed E-state index contributed by atoms with van der Waals surface area (Å²) in [6, 6.07) is 12.2. The van der Waals surface area contributed by atoms with Gasteiger partial charge >= 0.3 is 0 Å². The van der Waals surface area contributed by atoms with Crippen LogP contribution in [-0.2, 0) is 16.6 Å². The second kappa shape index (κ2) is 13.4. The number of amides is 1. The highest BCUT2D eigenvalue weighted by Gasteiger charge is 2.39. The summed E-state index contributed by atoms with van der Waals surface area (Å²) in [7, 11) is 0. The van der Waals surface area contributed by atoms with Crippen LogP contribution in [0.2, 0.25) is 5.02 Å². The van der Waals surface area contributed by atoms with Gasteiger partial charge in [-0.1, -0.05) is 67.1 Å². The lowest BCUT2D eigenvalue weighted by Gasteiger charge is -2.43. The molecule has 2 heterocycles. The Bertz CT molecular complexity index is 1140. The molecule has 1 aliphatic carbocycles. The number of carbonyl (C=O) groups excluding carboxylic acids is 1. The molecule has 2 aromatic carbocycles. The van der Waals surface area contributed by atoms with E-state index in [1.807, 2.05) is 4.90 Å². The van der Waals surface area contributed by atoms with Crippen molar-refractivity contribution in [1.82, 2.24) is 14.7 Å². The van der Waals surface area contributed by atoms with E-state index >= 15 is 0 Å². The molecule has 1 atom stereocenters. The van der Waals surface area contributed by atoms with Crippen LogP contribution >= 0.6 is 11.6 Å². The molecule has 2 saturated heterocycles. The predicted octanol–water partition coefficient (Wildman–Crippen LogP) is 6.93. The van der Waals surface area contributed by atoms with E-state index in [-0.39, 0.29) is 17.7 Å². The zero-order valence-electron chi connectivity index (χ0n) is 24.6. The number of likely N-dealkylation sites (tertiary alicyclic amines) is 1. The average molecular weight is 568 g/mol. The Labute approximate surface area is 245 Å². The Morgan fingerprint density at radius 1 is 0.975 bits per heavy atom. The highest BCUT2D eigenvalue weighted by molar-refractivity contribution is 6.31. The Hall–Kier alpha value is -1.95. The van der Waals surface area contributed by atoms with Crippen molar-refractivity contribution in [2.75, 3.05) is 45.8 Å². The van der Waals surface area contributed by atoms with Crippen LogP contribution in [-0.4, -0.2) is 72.5 Å². The van der Waals surface area contributed by atoms with Crippen molar-refractivity contribution < 1.29 is 9.18 Å². The molecule has 4 nitrogen and oxygen atoms in total. The van der Waals surface area contributed by atoms with E-state index < -0.39 is 5.82 Å². The lowest BCUT2D eigenvalue weighted by Crippen LogP contribution is -2.52. The molecule has 218 valence electrons. The van der Waals surface area contributed by atoms with E-state index in [9.17, 15) is 9.18 Å². The van der Waals surface area contributed by atoms with E-state index in [1.54, 1.807) is 12.1 Å². The maximum absolute atomic E-state index is 14.6. The van der Waals surface area contributed by atoms with Crippen LogP contribution < -0.4 is 0 Å². The number of benzene rings is 2. The summed E-state index contributed by atoms with van der Waals surface area (Å²) in [6.07, 6.45) is 11.1. The number of aryl methyl sites for hydroxylation is 2. The summed E-state index contributed by atoms with van der Waals surface area (Å²) in [5, 5.41) is 0.330. The highest BCUT2D eigenvalue weighted by atomic mass is 35.5. The normalized spacial score (nSPS) is 23.8. The SMILES string of the molecule is Cc1ccc(C)c([C@@]2(CCN3CCN(C4CCCCC4)CC3)CCCCN(C(=O)Cc3c(F)cccc3Cl)C2)c1. The third-order valence-corrected chi connectivity index (χ3v) is 10.3. The molecule has 40 heavy (non-hydrogen) atoms. The van der Waals surface area contributed by atoms with E-state index in [0.29, 0.717) is 17.1 Å². The fourth-order valence-corrected chi connectivity index (χ4v) is 7.73. The van der Waals surface area contributed by atoms with Crippen LogP contribution in [0, 0.1) is 19.7 Å². The number of halogens is 2.